The molecule has 0 unspecified atom stereocenters. The van der Waals surface area contributed by atoms with Crippen molar-refractivity contribution in [3.8, 4) is 61.8 Å². The lowest BCUT2D eigenvalue weighted by atomic mass is 9.79. The number of imidazole rings is 1. The SMILES string of the molecule is CC(C)(C)c1cc(-c2cc(-c3ccccc3)ccn2)cc(-c2ccc3c4ccc(-c5ccccc5)c5oc6cccc(c6c54)n4c(-c5cc(C(C)(C)C)cc(C(C)(C)C)c5O)nc2c34)c1. The first kappa shape index (κ1) is 40.5. The van der Waals surface area contributed by atoms with Crippen molar-refractivity contribution in [2.75, 3.05) is 0 Å². The zero-order valence-corrected chi connectivity index (χ0v) is 38.6. The molecule has 0 saturated heterocycles. The van der Waals surface area contributed by atoms with E-state index in [9.17, 15) is 5.11 Å². The van der Waals surface area contributed by atoms with E-state index in [-0.39, 0.29) is 22.0 Å². The molecule has 0 amide bonds. The highest BCUT2D eigenvalue weighted by atomic mass is 16.3. The molecule has 0 fully saturated rings. The van der Waals surface area contributed by atoms with Crippen LogP contribution in [0.25, 0.3) is 105 Å². The Bertz CT molecular complexity index is 3650. The molecule has 11 rings (SSSR count). The summed E-state index contributed by atoms with van der Waals surface area (Å²) < 4.78 is 9.23. The maximum atomic E-state index is 12.6. The Morgan fingerprint density at radius 2 is 1.17 bits per heavy atom. The van der Waals surface area contributed by atoms with Gasteiger partial charge in [-0.25, -0.2) is 4.98 Å². The number of rotatable bonds is 5. The fraction of sp³-hybridized carbons (Fsp3) is 0.200. The van der Waals surface area contributed by atoms with Crippen LogP contribution < -0.4 is 0 Å². The monoisotopic (exact) mass is 847 g/mol. The number of phenols is 1. The average Bonchev–Trinajstić information content (AvgIpc) is 3.85. The molecule has 0 radical (unpaired) electrons. The standard InChI is InChI=1S/C60H53N3O2/c1-58(2,3)40-30-38(29-39(31-40)48-32-37(27-28-61-48)35-17-12-10-13-18-35)42-23-26-45-44-25-24-43(36-19-14-11-15-20-36)56-51(44)52-49(21-16-22-50(52)65-56)63-54(45)53(42)62-57(63)46-33-41(59(4,5)6)34-47(55(46)64)60(7,8)9/h10-34,64H,1-9H3. The molecule has 1 N–H and O–H groups in total. The van der Waals surface area contributed by atoms with Gasteiger partial charge in [0.15, 0.2) is 0 Å². The Kier molecular flexibility index (Phi) is 8.97. The highest BCUT2D eigenvalue weighted by Gasteiger charge is 2.30. The summed E-state index contributed by atoms with van der Waals surface area (Å²) in [5.41, 5.74) is 16.1. The van der Waals surface area contributed by atoms with Gasteiger partial charge in [0.05, 0.1) is 33.2 Å². The smallest absolute Gasteiger partial charge is 0.149 e. The van der Waals surface area contributed by atoms with Crippen molar-refractivity contribution in [1.29, 1.82) is 0 Å². The molecule has 65 heavy (non-hydrogen) atoms. The first-order chi connectivity index (χ1) is 31.0. The van der Waals surface area contributed by atoms with Gasteiger partial charge in [0.1, 0.15) is 22.7 Å². The van der Waals surface area contributed by atoms with Crippen LogP contribution in [0, 0.1) is 0 Å². The minimum atomic E-state index is -0.336. The van der Waals surface area contributed by atoms with Crippen molar-refractivity contribution in [3.05, 3.63) is 168 Å². The summed E-state index contributed by atoms with van der Waals surface area (Å²) >= 11 is 0. The number of aromatic nitrogens is 3. The van der Waals surface area contributed by atoms with Crippen LogP contribution >= 0.6 is 0 Å². The lowest BCUT2D eigenvalue weighted by Crippen LogP contribution is -2.17. The fourth-order valence-corrected chi connectivity index (χ4v) is 9.78. The molecule has 320 valence electrons. The van der Waals surface area contributed by atoms with Gasteiger partial charge in [-0.1, -0.05) is 159 Å². The van der Waals surface area contributed by atoms with Crippen LogP contribution in [-0.4, -0.2) is 19.5 Å². The van der Waals surface area contributed by atoms with Crippen LogP contribution in [-0.2, 0) is 16.2 Å². The van der Waals surface area contributed by atoms with E-state index in [4.69, 9.17) is 14.4 Å². The van der Waals surface area contributed by atoms with Crippen LogP contribution in [0.1, 0.15) is 79.0 Å². The number of fused-ring (bicyclic) bond motifs is 2. The van der Waals surface area contributed by atoms with Crippen LogP contribution in [0.5, 0.6) is 5.75 Å². The van der Waals surface area contributed by atoms with Crippen molar-refractivity contribution in [3.63, 3.8) is 0 Å². The molecule has 5 nitrogen and oxygen atoms in total. The van der Waals surface area contributed by atoms with Crippen LogP contribution in [0.3, 0.4) is 0 Å². The van der Waals surface area contributed by atoms with E-state index in [0.717, 1.165) is 105 Å². The molecule has 0 aliphatic rings. The molecule has 0 atom stereocenters. The summed E-state index contributed by atoms with van der Waals surface area (Å²) in [6.45, 7) is 20.0. The second kappa shape index (κ2) is 14.4. The number of pyridine rings is 1. The van der Waals surface area contributed by atoms with Gasteiger partial charge in [0.25, 0.3) is 0 Å². The minimum Gasteiger partial charge on any atom is -0.507 e. The van der Waals surface area contributed by atoms with Gasteiger partial charge in [0, 0.05) is 39.2 Å². The van der Waals surface area contributed by atoms with Crippen LogP contribution in [0.15, 0.2) is 156 Å². The van der Waals surface area contributed by atoms with Gasteiger partial charge in [-0.15, -0.1) is 0 Å². The van der Waals surface area contributed by atoms with Crippen LogP contribution in [0.4, 0.5) is 0 Å². The quantitative estimate of drug-likeness (QED) is 0.187. The van der Waals surface area contributed by atoms with Crippen molar-refractivity contribution < 1.29 is 9.52 Å². The Morgan fingerprint density at radius 1 is 0.508 bits per heavy atom. The van der Waals surface area contributed by atoms with E-state index in [1.54, 1.807) is 0 Å². The van der Waals surface area contributed by atoms with E-state index in [1.807, 2.05) is 18.3 Å². The molecule has 5 heteroatoms. The van der Waals surface area contributed by atoms with Gasteiger partial charge in [0.2, 0.25) is 0 Å². The summed E-state index contributed by atoms with van der Waals surface area (Å²) in [6.07, 6.45) is 1.91. The van der Waals surface area contributed by atoms with Crippen molar-refractivity contribution in [1.82, 2.24) is 14.4 Å². The minimum absolute atomic E-state index is 0.158. The van der Waals surface area contributed by atoms with Gasteiger partial charge in [-0.05, 0) is 104 Å². The number of hydrogen-bond donors (Lipinski definition) is 1. The van der Waals surface area contributed by atoms with E-state index in [0.29, 0.717) is 11.4 Å². The second-order valence-electron chi connectivity index (χ2n) is 20.9. The van der Waals surface area contributed by atoms with Gasteiger partial charge < -0.3 is 9.52 Å². The third kappa shape index (κ3) is 6.59. The highest BCUT2D eigenvalue weighted by molar-refractivity contribution is 6.29. The van der Waals surface area contributed by atoms with Crippen molar-refractivity contribution in [2.24, 2.45) is 0 Å². The fourth-order valence-electron chi connectivity index (χ4n) is 9.78. The largest absolute Gasteiger partial charge is 0.507 e. The molecule has 4 aromatic heterocycles. The molecule has 11 aromatic rings. The zero-order chi connectivity index (χ0) is 45.2. The molecule has 0 saturated carbocycles. The molecular formula is C60H53N3O2. The van der Waals surface area contributed by atoms with Crippen molar-refractivity contribution in [2.45, 2.75) is 78.6 Å². The predicted molar refractivity (Wildman–Crippen MR) is 271 cm³/mol. The number of furan rings is 1. The molecule has 4 heterocycles. The zero-order valence-electron chi connectivity index (χ0n) is 38.6. The molecule has 0 aliphatic heterocycles. The van der Waals surface area contributed by atoms with E-state index < -0.39 is 0 Å². The molecule has 0 bridgehead atoms. The summed E-state index contributed by atoms with van der Waals surface area (Å²) in [7, 11) is 0. The van der Waals surface area contributed by atoms with E-state index in [2.05, 4.69) is 200 Å². The maximum Gasteiger partial charge on any atom is 0.149 e. The Balaban J connectivity index is 1.29. The maximum absolute atomic E-state index is 12.6. The number of hydrogen-bond acceptors (Lipinski definition) is 4. The average molecular weight is 848 g/mol. The highest BCUT2D eigenvalue weighted by Crippen LogP contribution is 2.49. The molecular weight excluding hydrogens is 795 g/mol. The molecule has 0 aliphatic carbocycles. The van der Waals surface area contributed by atoms with E-state index >= 15 is 0 Å². The van der Waals surface area contributed by atoms with Crippen LogP contribution in [0.2, 0.25) is 0 Å². The number of benzene rings is 7. The summed E-state index contributed by atoms with van der Waals surface area (Å²) in [5.74, 6) is 0.935. The van der Waals surface area contributed by atoms with Gasteiger partial charge in [-0.3, -0.25) is 9.38 Å². The first-order valence-electron chi connectivity index (χ1n) is 22.7. The number of nitrogens with zero attached hydrogens (tertiary/aromatic N) is 3. The lowest BCUT2D eigenvalue weighted by Gasteiger charge is -2.27. The lowest BCUT2D eigenvalue weighted by molar-refractivity contribution is 0.446. The summed E-state index contributed by atoms with van der Waals surface area (Å²) in [5, 5.41) is 16.9. The third-order valence-electron chi connectivity index (χ3n) is 13.3. The van der Waals surface area contributed by atoms with Gasteiger partial charge in [-0.2, -0.15) is 0 Å². The number of aromatic hydroxyl groups is 1. The number of phenolic OH excluding ortho intramolecular Hbond substituents is 1. The second-order valence-corrected chi connectivity index (χ2v) is 20.9. The van der Waals surface area contributed by atoms with Crippen molar-refractivity contribution >= 4 is 49.3 Å². The molecule has 0 spiro atoms. The predicted octanol–water partition coefficient (Wildman–Crippen LogP) is 16.3. The Hall–Kier alpha value is -7.24. The van der Waals surface area contributed by atoms with E-state index in [1.165, 1.54) is 5.56 Å². The first-order valence-corrected chi connectivity index (χ1v) is 22.7. The normalized spacial score (nSPS) is 12.8. The summed E-state index contributed by atoms with van der Waals surface area (Å²) in [6, 6.07) is 51.8. The third-order valence-corrected chi connectivity index (χ3v) is 13.3. The van der Waals surface area contributed by atoms with Gasteiger partial charge >= 0.3 is 0 Å². The topological polar surface area (TPSA) is 63.6 Å². The summed E-state index contributed by atoms with van der Waals surface area (Å²) in [4.78, 5) is 10.7. The molecule has 7 aromatic carbocycles. The Morgan fingerprint density at radius 3 is 1.88 bits per heavy atom. The Labute approximate surface area is 380 Å².